The standard InChI is InChI=1S/C31H33N5O5S/c1-20-18-36(11-10-28(20)40-2)30-5-3-4-25(35-30)26-9-8-22-16-32-24(15-27(22)34-26)17-33-31(37)21-6-7-23-19-41-12-13-42(38,39)29(23)14-21/h3-9,14-16,20,28H,10-13,17-19H2,1-2H3,(H,33,37)/t20-,28+/m0/s1. The van der Waals surface area contributed by atoms with Gasteiger partial charge in [0.25, 0.3) is 5.91 Å². The van der Waals surface area contributed by atoms with Gasteiger partial charge in [-0.25, -0.2) is 18.4 Å². The van der Waals surface area contributed by atoms with Gasteiger partial charge in [-0.1, -0.05) is 19.1 Å². The average Bonchev–Trinajstić information content (AvgIpc) is 3.16. The molecule has 0 aliphatic carbocycles. The van der Waals surface area contributed by atoms with Crippen molar-refractivity contribution in [3.63, 3.8) is 0 Å². The van der Waals surface area contributed by atoms with E-state index in [1.165, 1.54) is 6.07 Å². The number of methoxy groups -OCH3 is 1. The van der Waals surface area contributed by atoms with Gasteiger partial charge in [0.05, 0.1) is 59.1 Å². The molecule has 1 N–H and O–H groups in total. The molecule has 2 atom stereocenters. The van der Waals surface area contributed by atoms with Crippen LogP contribution in [0.1, 0.15) is 35.0 Å². The van der Waals surface area contributed by atoms with Crippen molar-refractivity contribution < 1.29 is 22.7 Å². The Bertz CT molecular complexity index is 1750. The fourth-order valence-corrected chi connectivity index (χ4v) is 6.95. The van der Waals surface area contributed by atoms with Gasteiger partial charge < -0.3 is 19.7 Å². The van der Waals surface area contributed by atoms with Crippen LogP contribution >= 0.6 is 0 Å². The van der Waals surface area contributed by atoms with Gasteiger partial charge in [0, 0.05) is 37.3 Å². The number of benzene rings is 1. The lowest BCUT2D eigenvalue weighted by Crippen LogP contribution is -2.43. The van der Waals surface area contributed by atoms with Crippen molar-refractivity contribution >= 4 is 32.5 Å². The molecule has 6 rings (SSSR count). The van der Waals surface area contributed by atoms with E-state index in [2.05, 4.69) is 22.1 Å². The number of carbonyl (C=O) groups excluding carboxylic acids is 1. The molecule has 1 aromatic carbocycles. The zero-order valence-corrected chi connectivity index (χ0v) is 24.4. The molecule has 1 amide bonds. The van der Waals surface area contributed by atoms with Crippen molar-refractivity contribution in [2.75, 3.05) is 37.5 Å². The molecule has 11 heteroatoms. The van der Waals surface area contributed by atoms with E-state index in [0.717, 1.165) is 47.6 Å². The summed E-state index contributed by atoms with van der Waals surface area (Å²) in [5, 5.41) is 3.72. The molecule has 0 bridgehead atoms. The molecule has 0 radical (unpaired) electrons. The van der Waals surface area contributed by atoms with Crippen molar-refractivity contribution in [2.24, 2.45) is 5.92 Å². The molecule has 5 heterocycles. The summed E-state index contributed by atoms with van der Waals surface area (Å²) in [5.74, 6) is 0.852. The molecule has 0 spiro atoms. The second-order valence-electron chi connectivity index (χ2n) is 10.8. The minimum atomic E-state index is -3.51. The van der Waals surface area contributed by atoms with Gasteiger partial charge in [-0.2, -0.15) is 0 Å². The van der Waals surface area contributed by atoms with Crippen LogP contribution in [-0.2, 0) is 32.5 Å². The summed E-state index contributed by atoms with van der Waals surface area (Å²) in [5.41, 5.74) is 3.74. The largest absolute Gasteiger partial charge is 0.381 e. The average molecular weight is 588 g/mol. The Hall–Kier alpha value is -3.93. The Kier molecular flexibility index (Phi) is 7.89. The second kappa shape index (κ2) is 11.7. The van der Waals surface area contributed by atoms with E-state index < -0.39 is 9.84 Å². The van der Waals surface area contributed by atoms with Gasteiger partial charge in [-0.15, -0.1) is 0 Å². The van der Waals surface area contributed by atoms with E-state index in [4.69, 9.17) is 19.4 Å². The number of hydrogen-bond donors (Lipinski definition) is 1. The SMILES string of the molecule is CO[C@@H]1CCN(c2cccc(-c3ccc4cnc(CNC(=O)c5ccc6c(c5)S(=O)(=O)CCOC6)cc4n3)n2)C[C@@H]1C. The Labute approximate surface area is 245 Å². The molecule has 2 aliphatic heterocycles. The van der Waals surface area contributed by atoms with Crippen LogP contribution < -0.4 is 10.2 Å². The normalized spacial score (nSPS) is 20.1. The van der Waals surface area contributed by atoms with Crippen LogP contribution in [0.15, 0.2) is 65.7 Å². The third-order valence-corrected chi connectivity index (χ3v) is 9.68. The summed E-state index contributed by atoms with van der Waals surface area (Å²) < 4.78 is 36.2. The number of ether oxygens (including phenoxy) is 2. The number of anilines is 1. The van der Waals surface area contributed by atoms with Gasteiger partial charge in [0.2, 0.25) is 0 Å². The summed E-state index contributed by atoms with van der Waals surface area (Å²) in [4.78, 5) is 29.6. The first-order valence-electron chi connectivity index (χ1n) is 14.0. The number of aromatic nitrogens is 3. The van der Waals surface area contributed by atoms with Crippen LogP contribution in [0, 0.1) is 5.92 Å². The Morgan fingerprint density at radius 2 is 1.98 bits per heavy atom. The fraction of sp³-hybridized carbons (Fsp3) is 0.355. The maximum absolute atomic E-state index is 12.9. The van der Waals surface area contributed by atoms with Crippen LogP contribution in [0.5, 0.6) is 0 Å². The fourth-order valence-electron chi connectivity index (χ4n) is 5.56. The molecule has 0 unspecified atom stereocenters. The van der Waals surface area contributed by atoms with E-state index in [1.54, 1.807) is 25.4 Å². The molecule has 10 nitrogen and oxygen atoms in total. The van der Waals surface area contributed by atoms with Crippen LogP contribution in [0.2, 0.25) is 0 Å². The molecule has 42 heavy (non-hydrogen) atoms. The number of nitrogens with zero attached hydrogens (tertiary/aromatic N) is 4. The van der Waals surface area contributed by atoms with Crippen molar-refractivity contribution in [1.29, 1.82) is 0 Å². The maximum Gasteiger partial charge on any atom is 0.251 e. The smallest absolute Gasteiger partial charge is 0.251 e. The molecule has 0 saturated carbocycles. The van der Waals surface area contributed by atoms with Gasteiger partial charge >= 0.3 is 0 Å². The zero-order valence-electron chi connectivity index (χ0n) is 23.6. The Morgan fingerprint density at radius 3 is 2.81 bits per heavy atom. The van der Waals surface area contributed by atoms with Gasteiger partial charge in [0.1, 0.15) is 5.82 Å². The monoisotopic (exact) mass is 587 g/mol. The molecule has 1 saturated heterocycles. The van der Waals surface area contributed by atoms with Gasteiger partial charge in [0.15, 0.2) is 9.84 Å². The van der Waals surface area contributed by atoms with E-state index in [1.807, 2.05) is 36.4 Å². The van der Waals surface area contributed by atoms with Crippen molar-refractivity contribution in [3.8, 4) is 11.4 Å². The number of hydrogen-bond acceptors (Lipinski definition) is 9. The summed E-state index contributed by atoms with van der Waals surface area (Å²) in [6, 6.07) is 16.4. The first-order valence-corrected chi connectivity index (χ1v) is 15.7. The number of rotatable bonds is 6. The summed E-state index contributed by atoms with van der Waals surface area (Å²) in [6.07, 6.45) is 2.96. The maximum atomic E-state index is 12.9. The van der Waals surface area contributed by atoms with E-state index in [0.29, 0.717) is 17.2 Å². The number of amides is 1. The highest BCUT2D eigenvalue weighted by atomic mass is 32.2. The van der Waals surface area contributed by atoms with E-state index in [9.17, 15) is 13.2 Å². The molecule has 2 aliphatic rings. The van der Waals surface area contributed by atoms with Crippen LogP contribution in [-0.4, -0.2) is 67.9 Å². The zero-order chi connectivity index (χ0) is 29.3. The lowest BCUT2D eigenvalue weighted by Gasteiger charge is -2.36. The van der Waals surface area contributed by atoms with Crippen LogP contribution in [0.25, 0.3) is 22.3 Å². The highest BCUT2D eigenvalue weighted by Gasteiger charge is 2.27. The van der Waals surface area contributed by atoms with E-state index in [-0.39, 0.29) is 48.0 Å². The topological polar surface area (TPSA) is 124 Å². The number of piperidine rings is 1. The first kappa shape index (κ1) is 28.2. The Balaban J connectivity index is 1.18. The third-order valence-electron chi connectivity index (χ3n) is 7.93. The van der Waals surface area contributed by atoms with Crippen molar-refractivity contribution in [1.82, 2.24) is 20.3 Å². The number of nitrogens with one attached hydrogen (secondary N) is 1. The summed E-state index contributed by atoms with van der Waals surface area (Å²) >= 11 is 0. The number of sulfone groups is 1. The third kappa shape index (κ3) is 5.85. The van der Waals surface area contributed by atoms with Gasteiger partial charge in [-0.05, 0) is 60.4 Å². The quantitative estimate of drug-likeness (QED) is 0.359. The minimum absolute atomic E-state index is 0.104. The molecular weight excluding hydrogens is 554 g/mol. The summed E-state index contributed by atoms with van der Waals surface area (Å²) in [6.45, 7) is 4.49. The lowest BCUT2D eigenvalue weighted by atomic mass is 9.96. The van der Waals surface area contributed by atoms with Crippen molar-refractivity contribution in [2.45, 2.75) is 37.5 Å². The number of fused-ring (bicyclic) bond motifs is 2. The predicted molar refractivity (Wildman–Crippen MR) is 159 cm³/mol. The molecule has 3 aromatic heterocycles. The second-order valence-corrected chi connectivity index (χ2v) is 12.9. The summed E-state index contributed by atoms with van der Waals surface area (Å²) in [7, 11) is -1.73. The molecule has 1 fully saturated rings. The highest BCUT2D eigenvalue weighted by molar-refractivity contribution is 7.91. The lowest BCUT2D eigenvalue weighted by molar-refractivity contribution is 0.0443. The van der Waals surface area contributed by atoms with Crippen LogP contribution in [0.3, 0.4) is 0 Å². The molecular formula is C31H33N5O5S. The van der Waals surface area contributed by atoms with Crippen molar-refractivity contribution in [3.05, 3.63) is 77.6 Å². The van der Waals surface area contributed by atoms with E-state index >= 15 is 0 Å². The predicted octanol–water partition coefficient (Wildman–Crippen LogP) is 3.79. The Morgan fingerprint density at radius 1 is 1.12 bits per heavy atom. The van der Waals surface area contributed by atoms with Gasteiger partial charge in [-0.3, -0.25) is 9.78 Å². The number of pyridine rings is 3. The van der Waals surface area contributed by atoms with Crippen LogP contribution in [0.4, 0.5) is 5.82 Å². The minimum Gasteiger partial charge on any atom is -0.381 e. The number of carbonyl (C=O) groups is 1. The highest BCUT2D eigenvalue weighted by Crippen LogP contribution is 2.27. The first-order chi connectivity index (χ1) is 20.3. The molecule has 4 aromatic rings. The molecule has 218 valence electrons.